The Morgan fingerprint density at radius 2 is 1.54 bits per heavy atom. The van der Waals surface area contributed by atoms with Gasteiger partial charge in [0.25, 0.3) is 0 Å². The average molecular weight is 989 g/mol. The van der Waals surface area contributed by atoms with E-state index in [2.05, 4.69) is 31.4 Å². The van der Waals surface area contributed by atoms with E-state index in [0.29, 0.717) is 12.1 Å². The largest absolute Gasteiger partial charge is 0.507 e. The van der Waals surface area contributed by atoms with Gasteiger partial charge in [0, 0.05) is 18.6 Å². The summed E-state index contributed by atoms with van der Waals surface area (Å²) in [6.45, 7) is 7.39. The Bertz CT molecular complexity index is 2240. The quantitative estimate of drug-likeness (QED) is 0.0825. The number of ether oxygens (including phenoxy) is 7. The van der Waals surface area contributed by atoms with Crippen molar-refractivity contribution in [3.63, 3.8) is 0 Å². The van der Waals surface area contributed by atoms with Crippen LogP contribution >= 0.6 is 0 Å². The number of esters is 1. The predicted octanol–water partition coefficient (Wildman–Crippen LogP) is 0.599. The second-order valence-corrected chi connectivity index (χ2v) is 18.3. The number of methoxy groups -OCH3 is 2. The van der Waals surface area contributed by atoms with E-state index in [0.717, 1.165) is 18.1 Å². The Kier molecular flexibility index (Phi) is 19.3. The number of ketones is 1. The summed E-state index contributed by atoms with van der Waals surface area (Å²) in [6.07, 6.45) is -15.7. The van der Waals surface area contributed by atoms with Crippen LogP contribution in [0.15, 0.2) is 60.7 Å². The van der Waals surface area contributed by atoms with E-state index in [1.807, 2.05) is 30.3 Å². The number of phenolic OH excluding ortho intramolecular Hbond substituents is 2. The van der Waals surface area contributed by atoms with E-state index < -0.39 is 116 Å². The lowest BCUT2D eigenvalue weighted by Gasteiger charge is -2.45. The molecule has 0 aliphatic carbocycles. The molecule has 1 unspecified atom stereocenters. The normalized spacial score (nSPS) is 27.3. The van der Waals surface area contributed by atoms with Gasteiger partial charge in [-0.1, -0.05) is 57.2 Å². The van der Waals surface area contributed by atoms with Gasteiger partial charge in [-0.25, -0.2) is 4.79 Å². The highest BCUT2D eigenvalue weighted by atomic mass is 16.8. The Morgan fingerprint density at radius 1 is 0.843 bits per heavy atom. The topological polar surface area (TPSA) is 339 Å². The Hall–Kier alpha value is -5.66. The number of nitrogens with one attached hydrogen (secondary N) is 2. The molecule has 3 aliphatic heterocycles. The van der Waals surface area contributed by atoms with E-state index in [-0.39, 0.29) is 53.2 Å². The number of aliphatic hydroxyl groups is 6. The van der Waals surface area contributed by atoms with Crippen LogP contribution in [-0.4, -0.2) is 170 Å². The number of carboxylic acids is 1. The minimum atomic E-state index is -1.76. The summed E-state index contributed by atoms with van der Waals surface area (Å²) in [6, 6.07) is 14.3. The molecule has 3 heterocycles. The molecule has 2 fully saturated rings. The number of aromatic hydroxyl groups is 2. The smallest absolute Gasteiger partial charge is 0.328 e. The summed E-state index contributed by atoms with van der Waals surface area (Å²) in [5.74, 6) is -3.25. The van der Waals surface area contributed by atoms with Crippen molar-refractivity contribution in [2.24, 2.45) is 5.41 Å². The molecule has 0 bridgehead atoms. The summed E-state index contributed by atoms with van der Waals surface area (Å²) in [5.41, 5.74) is 1.27. The molecule has 22 nitrogen and oxygen atoms in total. The molecule has 0 saturated carbocycles. The molecule has 3 aromatic rings. The molecule has 22 heteroatoms. The first-order chi connectivity index (χ1) is 33.0. The Balaban J connectivity index is 0.000000292. The number of carbonyl (C=O) groups excluding carboxylic acids is 3. The monoisotopic (exact) mass is 988 g/mol. The molecule has 2 saturated heterocycles. The number of fused-ring (bicyclic) bond motifs is 1. The summed E-state index contributed by atoms with van der Waals surface area (Å²) in [5, 5.41) is 97.2. The molecule has 6 rings (SSSR count). The highest BCUT2D eigenvalue weighted by molar-refractivity contribution is 6.02. The Labute approximate surface area is 403 Å². The number of phenols is 2. The number of aliphatic hydroxyl groups excluding tert-OH is 6. The molecule has 3 aliphatic rings. The minimum absolute atomic E-state index is 0.0547. The highest BCUT2D eigenvalue weighted by Gasteiger charge is 2.51. The third-order valence-corrected chi connectivity index (χ3v) is 11.8. The van der Waals surface area contributed by atoms with Crippen LogP contribution in [0.1, 0.15) is 74.5 Å². The Morgan fingerprint density at radius 3 is 2.16 bits per heavy atom. The number of benzene rings is 3. The van der Waals surface area contributed by atoms with Crippen molar-refractivity contribution in [1.82, 2.24) is 10.6 Å². The summed E-state index contributed by atoms with van der Waals surface area (Å²) < 4.78 is 38.4. The number of hydrogen-bond donors (Lipinski definition) is 11. The molecule has 386 valence electrons. The molecule has 70 heavy (non-hydrogen) atoms. The average Bonchev–Trinajstić information content (AvgIpc) is 3.31. The van der Waals surface area contributed by atoms with Crippen LogP contribution in [0.4, 0.5) is 0 Å². The third kappa shape index (κ3) is 14.2. The maximum absolute atomic E-state index is 13.0. The summed E-state index contributed by atoms with van der Waals surface area (Å²) in [4.78, 5) is 48.8. The SMILES string of the molecule is COC(=O)[C@H](Cc1ccccc1)NC(=O)[C@H](CC(=O)O)NCCC(C)(C)C.COc1ccc(C2CC(=O)c3c(O)cc(O[C@@H]4O[C@H](CO)[C@@H](O)[C@H](O)[C@H]4O[C@@H]4O[C@@H](C)[C@H](O)[C@@H](O)[C@H]4O)cc3O2)cc1O. The third-order valence-electron chi connectivity index (χ3n) is 11.8. The number of Topliss-reactive ketones (excluding diaryl/α,β-unsaturated/α-hetero) is 1. The van der Waals surface area contributed by atoms with Gasteiger partial charge in [0.15, 0.2) is 29.7 Å². The lowest BCUT2D eigenvalue weighted by molar-refractivity contribution is -0.354. The van der Waals surface area contributed by atoms with Crippen molar-refractivity contribution >= 4 is 23.6 Å². The number of hydrogen-bond acceptors (Lipinski definition) is 20. The van der Waals surface area contributed by atoms with Crippen molar-refractivity contribution in [3.8, 4) is 28.7 Å². The second-order valence-electron chi connectivity index (χ2n) is 18.3. The molecule has 11 N–H and O–H groups in total. The van der Waals surface area contributed by atoms with E-state index in [1.165, 1.54) is 39.3 Å². The number of carboxylic acid groups (broad SMARTS) is 1. The van der Waals surface area contributed by atoms with Gasteiger partial charge in [-0.3, -0.25) is 14.4 Å². The van der Waals surface area contributed by atoms with Crippen molar-refractivity contribution in [1.29, 1.82) is 0 Å². The van der Waals surface area contributed by atoms with Crippen molar-refractivity contribution in [2.45, 2.75) is 133 Å². The fourth-order valence-corrected chi connectivity index (χ4v) is 7.80. The molecule has 0 radical (unpaired) electrons. The van der Waals surface area contributed by atoms with Crippen LogP contribution in [0.5, 0.6) is 28.7 Å². The van der Waals surface area contributed by atoms with Gasteiger partial charge in [-0.2, -0.15) is 0 Å². The number of aliphatic carboxylic acids is 1. The van der Waals surface area contributed by atoms with E-state index >= 15 is 0 Å². The van der Waals surface area contributed by atoms with Gasteiger partial charge in [0.2, 0.25) is 12.2 Å². The van der Waals surface area contributed by atoms with Gasteiger partial charge in [0.05, 0.1) is 45.8 Å². The zero-order valence-electron chi connectivity index (χ0n) is 39.5. The highest BCUT2D eigenvalue weighted by Crippen LogP contribution is 2.44. The standard InChI is InChI=1S/C28H34O15.C20H30N2O5/c1-10-21(33)23(35)25(37)27(39-10)43-26-24(36)22(34)19(9-29)42-28(26)40-12-6-14(31)20-15(32)8-17(41-18(20)7-12)11-3-4-16(38-2)13(30)5-11;1-20(2,3)10-11-21-15(13-17(23)24)18(25)22-16(19(26)27-4)12-14-8-6-5-7-9-14/h3-7,10,17,19,21-31,33-37H,8-9H2,1-2H3;5-9,15-16,21H,10-13H2,1-4H3,(H,22,25)(H,23,24)/t10-,17?,19+,21-,22+,23+,24-,25+,26+,27-,28+;15-,16-/m00/s1. The second kappa shape index (κ2) is 24.4. The van der Waals surface area contributed by atoms with Gasteiger partial charge in [-0.05, 0) is 48.6 Å². The van der Waals surface area contributed by atoms with Crippen molar-refractivity contribution < 1.29 is 98.3 Å². The predicted molar refractivity (Wildman–Crippen MR) is 243 cm³/mol. The molecule has 13 atom stereocenters. The van der Waals surface area contributed by atoms with Crippen molar-refractivity contribution in [3.05, 3.63) is 77.4 Å². The number of rotatable bonds is 17. The molecular weight excluding hydrogens is 925 g/mol. The zero-order valence-corrected chi connectivity index (χ0v) is 39.5. The fourth-order valence-electron chi connectivity index (χ4n) is 7.80. The summed E-state index contributed by atoms with van der Waals surface area (Å²) in [7, 11) is 2.64. The summed E-state index contributed by atoms with van der Waals surface area (Å²) >= 11 is 0. The maximum Gasteiger partial charge on any atom is 0.328 e. The zero-order chi connectivity index (χ0) is 51.6. The molecular formula is C48H64N2O20. The lowest BCUT2D eigenvalue weighted by Crippen LogP contribution is -2.64. The van der Waals surface area contributed by atoms with Crippen LogP contribution in [0, 0.1) is 5.41 Å². The van der Waals surface area contributed by atoms with Crippen molar-refractivity contribution in [2.75, 3.05) is 27.4 Å². The van der Waals surface area contributed by atoms with Gasteiger partial charge < -0.3 is 89.8 Å². The maximum atomic E-state index is 13.0. The van der Waals surface area contributed by atoms with E-state index in [4.69, 9.17) is 38.3 Å². The molecule has 0 aromatic heterocycles. The minimum Gasteiger partial charge on any atom is -0.507 e. The van der Waals surface area contributed by atoms with Crippen LogP contribution in [0.3, 0.4) is 0 Å². The number of carbonyl (C=O) groups is 4. The first-order valence-corrected chi connectivity index (χ1v) is 22.5. The van der Waals surface area contributed by atoms with Gasteiger partial charge in [-0.15, -0.1) is 0 Å². The molecule has 0 spiro atoms. The molecule has 1 amide bonds. The van der Waals surface area contributed by atoms with Crippen LogP contribution in [0.2, 0.25) is 0 Å². The number of amides is 1. The van der Waals surface area contributed by atoms with E-state index in [1.54, 1.807) is 6.07 Å². The van der Waals surface area contributed by atoms with Crippen LogP contribution < -0.4 is 24.8 Å². The van der Waals surface area contributed by atoms with Gasteiger partial charge in [0.1, 0.15) is 71.6 Å². The van der Waals surface area contributed by atoms with E-state index in [9.17, 15) is 60.0 Å². The lowest BCUT2D eigenvalue weighted by atomic mass is 9.92. The van der Waals surface area contributed by atoms with Crippen LogP contribution in [0.25, 0.3) is 0 Å². The molecule has 3 aromatic carbocycles. The first kappa shape index (κ1) is 55.3. The van der Waals surface area contributed by atoms with Crippen LogP contribution in [-0.2, 0) is 39.8 Å². The fraction of sp³-hybridized carbons (Fsp3) is 0.542. The first-order valence-electron chi connectivity index (χ1n) is 22.5. The van der Waals surface area contributed by atoms with Gasteiger partial charge >= 0.3 is 11.9 Å².